The second kappa shape index (κ2) is 7.26. The summed E-state index contributed by atoms with van der Waals surface area (Å²) in [6, 6.07) is 10.9. The van der Waals surface area contributed by atoms with Crippen molar-refractivity contribution in [2.45, 2.75) is 52.9 Å². The molecule has 1 aliphatic carbocycles. The lowest BCUT2D eigenvalue weighted by atomic mass is 9.79. The van der Waals surface area contributed by atoms with Gasteiger partial charge in [0.2, 0.25) is 0 Å². The minimum Gasteiger partial charge on any atom is -0.316 e. The van der Waals surface area contributed by atoms with Crippen LogP contribution >= 0.6 is 0 Å². The molecule has 0 radical (unpaired) electrons. The SMILES string of the molecule is CC(C)CNCC(C)(CCCc1ccccc1)C1CC1. The van der Waals surface area contributed by atoms with Crippen LogP contribution in [-0.4, -0.2) is 13.1 Å². The first-order chi connectivity index (χ1) is 9.60. The fraction of sp³-hybridized carbons (Fsp3) is 0.684. The van der Waals surface area contributed by atoms with Crippen molar-refractivity contribution in [3.05, 3.63) is 35.9 Å². The van der Waals surface area contributed by atoms with E-state index in [9.17, 15) is 0 Å². The quantitative estimate of drug-likeness (QED) is 0.689. The van der Waals surface area contributed by atoms with E-state index in [0.29, 0.717) is 5.41 Å². The first-order valence-electron chi connectivity index (χ1n) is 8.35. The minimum atomic E-state index is 0.518. The third kappa shape index (κ3) is 4.94. The second-order valence-electron chi connectivity index (χ2n) is 7.29. The summed E-state index contributed by atoms with van der Waals surface area (Å²) in [5.41, 5.74) is 2.00. The van der Waals surface area contributed by atoms with Crippen LogP contribution in [0.5, 0.6) is 0 Å². The van der Waals surface area contributed by atoms with E-state index in [-0.39, 0.29) is 0 Å². The molecule has 1 aliphatic rings. The normalized spacial score (nSPS) is 18.2. The van der Waals surface area contributed by atoms with Gasteiger partial charge in [-0.3, -0.25) is 0 Å². The van der Waals surface area contributed by atoms with E-state index in [2.05, 4.69) is 56.4 Å². The highest BCUT2D eigenvalue weighted by Crippen LogP contribution is 2.48. The van der Waals surface area contributed by atoms with E-state index in [0.717, 1.165) is 18.4 Å². The summed E-state index contributed by atoms with van der Waals surface area (Å²) < 4.78 is 0. The van der Waals surface area contributed by atoms with Crippen LogP contribution in [0.25, 0.3) is 0 Å². The number of benzene rings is 1. The van der Waals surface area contributed by atoms with E-state index in [1.165, 1.54) is 44.2 Å². The van der Waals surface area contributed by atoms with Crippen LogP contribution in [-0.2, 0) is 6.42 Å². The molecule has 1 atom stereocenters. The fourth-order valence-corrected chi connectivity index (χ4v) is 3.20. The van der Waals surface area contributed by atoms with Gasteiger partial charge < -0.3 is 5.32 Å². The van der Waals surface area contributed by atoms with Crippen LogP contribution in [0, 0.1) is 17.3 Å². The topological polar surface area (TPSA) is 12.0 Å². The molecule has 0 saturated heterocycles. The number of hydrogen-bond donors (Lipinski definition) is 1. The van der Waals surface area contributed by atoms with Crippen LogP contribution in [0.3, 0.4) is 0 Å². The predicted molar refractivity (Wildman–Crippen MR) is 87.9 cm³/mol. The van der Waals surface area contributed by atoms with Crippen LogP contribution in [0.2, 0.25) is 0 Å². The zero-order valence-corrected chi connectivity index (χ0v) is 13.5. The van der Waals surface area contributed by atoms with Crippen LogP contribution < -0.4 is 5.32 Å². The van der Waals surface area contributed by atoms with Gasteiger partial charge in [-0.2, -0.15) is 0 Å². The van der Waals surface area contributed by atoms with Crippen molar-refractivity contribution in [1.82, 2.24) is 5.32 Å². The molecule has 0 spiro atoms. The maximum atomic E-state index is 3.70. The van der Waals surface area contributed by atoms with Gasteiger partial charge in [-0.15, -0.1) is 0 Å². The number of aryl methyl sites for hydroxylation is 1. The van der Waals surface area contributed by atoms with Gasteiger partial charge in [-0.1, -0.05) is 51.1 Å². The van der Waals surface area contributed by atoms with E-state index < -0.39 is 0 Å². The molecular weight excluding hydrogens is 242 g/mol. The Bertz CT molecular complexity index is 380. The third-order valence-electron chi connectivity index (χ3n) is 4.70. The number of hydrogen-bond acceptors (Lipinski definition) is 1. The van der Waals surface area contributed by atoms with Crippen molar-refractivity contribution in [1.29, 1.82) is 0 Å². The van der Waals surface area contributed by atoms with Crippen molar-refractivity contribution >= 4 is 0 Å². The smallest absolute Gasteiger partial charge is 0.000793 e. The van der Waals surface area contributed by atoms with Gasteiger partial charge in [0.25, 0.3) is 0 Å². The lowest BCUT2D eigenvalue weighted by Gasteiger charge is -2.31. The van der Waals surface area contributed by atoms with Crippen LogP contribution in [0.4, 0.5) is 0 Å². The Morgan fingerprint density at radius 2 is 1.90 bits per heavy atom. The average molecular weight is 273 g/mol. The molecule has 0 bridgehead atoms. The summed E-state index contributed by atoms with van der Waals surface area (Å²) in [5, 5.41) is 3.70. The number of rotatable bonds is 9. The van der Waals surface area contributed by atoms with Gasteiger partial charge in [-0.25, -0.2) is 0 Å². The molecule has 112 valence electrons. The molecule has 1 saturated carbocycles. The molecule has 0 amide bonds. The Hall–Kier alpha value is -0.820. The van der Waals surface area contributed by atoms with Gasteiger partial charge in [0.15, 0.2) is 0 Å². The summed E-state index contributed by atoms with van der Waals surface area (Å²) in [4.78, 5) is 0. The molecule has 0 heterocycles. The maximum Gasteiger partial charge on any atom is 0.000793 e. The van der Waals surface area contributed by atoms with Gasteiger partial charge in [0.05, 0.1) is 0 Å². The highest BCUT2D eigenvalue weighted by molar-refractivity contribution is 5.14. The van der Waals surface area contributed by atoms with Gasteiger partial charge in [0.1, 0.15) is 0 Å². The molecule has 1 aromatic rings. The van der Waals surface area contributed by atoms with E-state index in [1.54, 1.807) is 0 Å². The zero-order chi connectivity index (χ0) is 14.4. The molecule has 2 rings (SSSR count). The van der Waals surface area contributed by atoms with Crippen molar-refractivity contribution in [2.24, 2.45) is 17.3 Å². The Labute approximate surface area is 125 Å². The van der Waals surface area contributed by atoms with Gasteiger partial charge in [0, 0.05) is 6.54 Å². The first-order valence-corrected chi connectivity index (χ1v) is 8.35. The zero-order valence-electron chi connectivity index (χ0n) is 13.5. The molecule has 0 aliphatic heterocycles. The Kier molecular flexibility index (Phi) is 5.65. The summed E-state index contributed by atoms with van der Waals surface area (Å²) >= 11 is 0. The molecular formula is C19H31N. The lowest BCUT2D eigenvalue weighted by Crippen LogP contribution is -2.35. The standard InChI is InChI=1S/C19H31N/c1-16(2)14-20-15-19(3,18-11-12-18)13-7-10-17-8-5-4-6-9-17/h4-6,8-9,16,18,20H,7,10-15H2,1-3H3. The Morgan fingerprint density at radius 3 is 2.50 bits per heavy atom. The van der Waals surface area contributed by atoms with Crippen molar-refractivity contribution in [3.8, 4) is 0 Å². The monoisotopic (exact) mass is 273 g/mol. The predicted octanol–water partition coefficient (Wildman–Crippen LogP) is 4.67. The molecule has 1 aromatic carbocycles. The largest absolute Gasteiger partial charge is 0.316 e. The first kappa shape index (κ1) is 15.6. The Morgan fingerprint density at radius 1 is 1.20 bits per heavy atom. The average Bonchev–Trinajstić information content (AvgIpc) is 3.24. The highest BCUT2D eigenvalue weighted by Gasteiger charge is 2.40. The lowest BCUT2D eigenvalue weighted by molar-refractivity contribution is 0.228. The second-order valence-corrected chi connectivity index (χ2v) is 7.29. The molecule has 20 heavy (non-hydrogen) atoms. The summed E-state index contributed by atoms with van der Waals surface area (Å²) in [5.74, 6) is 1.72. The van der Waals surface area contributed by atoms with Crippen molar-refractivity contribution < 1.29 is 0 Å². The number of nitrogens with one attached hydrogen (secondary N) is 1. The summed E-state index contributed by atoms with van der Waals surface area (Å²) in [6.45, 7) is 9.43. The summed E-state index contributed by atoms with van der Waals surface area (Å²) in [7, 11) is 0. The molecule has 1 fully saturated rings. The minimum absolute atomic E-state index is 0.518. The molecule has 1 unspecified atom stereocenters. The van der Waals surface area contributed by atoms with Gasteiger partial charge >= 0.3 is 0 Å². The molecule has 1 heteroatoms. The fourth-order valence-electron chi connectivity index (χ4n) is 3.20. The van der Waals surface area contributed by atoms with Crippen LogP contribution in [0.15, 0.2) is 30.3 Å². The van der Waals surface area contributed by atoms with Crippen molar-refractivity contribution in [3.63, 3.8) is 0 Å². The molecule has 1 nitrogen and oxygen atoms in total. The third-order valence-corrected chi connectivity index (χ3v) is 4.70. The molecule has 0 aromatic heterocycles. The maximum absolute atomic E-state index is 3.70. The van der Waals surface area contributed by atoms with Gasteiger partial charge in [-0.05, 0) is 61.5 Å². The summed E-state index contributed by atoms with van der Waals surface area (Å²) in [6.07, 6.45) is 6.81. The van der Waals surface area contributed by atoms with E-state index >= 15 is 0 Å². The molecule has 1 N–H and O–H groups in total. The van der Waals surface area contributed by atoms with E-state index in [4.69, 9.17) is 0 Å². The highest BCUT2D eigenvalue weighted by atomic mass is 14.9. The van der Waals surface area contributed by atoms with Crippen molar-refractivity contribution in [2.75, 3.05) is 13.1 Å². The van der Waals surface area contributed by atoms with Crippen LogP contribution in [0.1, 0.15) is 52.0 Å². The van der Waals surface area contributed by atoms with E-state index in [1.807, 2.05) is 0 Å². The Balaban J connectivity index is 1.76.